The lowest BCUT2D eigenvalue weighted by molar-refractivity contribution is 0.0954. The maximum Gasteiger partial charge on any atom is 0.252 e. The van der Waals surface area contributed by atoms with Crippen LogP contribution in [0, 0.1) is 0 Å². The van der Waals surface area contributed by atoms with Crippen LogP contribution in [-0.4, -0.2) is 17.0 Å². The van der Waals surface area contributed by atoms with Gasteiger partial charge in [-0.2, -0.15) is 0 Å². The molecule has 3 rings (SSSR count). The number of benzene rings is 2. The zero-order valence-electron chi connectivity index (χ0n) is 10.2. The Morgan fingerprint density at radius 2 is 1.79 bits per heavy atom. The molecule has 96 valence electrons. The van der Waals surface area contributed by atoms with Crippen LogP contribution in [0.5, 0.6) is 0 Å². The summed E-state index contributed by atoms with van der Waals surface area (Å²) < 4.78 is 0.301. The number of carbonyl (C=O) groups is 1. The Hall–Kier alpha value is -1.39. The molecule has 4 heteroatoms. The molecule has 0 aliphatic carbocycles. The van der Waals surface area contributed by atoms with E-state index in [0.29, 0.717) is 11.1 Å². The second-order valence-corrected chi connectivity index (χ2v) is 7.00. The summed E-state index contributed by atoms with van der Waals surface area (Å²) in [5, 5.41) is 2.99. The zero-order chi connectivity index (χ0) is 13.1. The molecule has 1 heterocycles. The molecule has 2 aromatic carbocycles. The number of amides is 1. The first-order valence-electron chi connectivity index (χ1n) is 6.08. The maximum atomic E-state index is 12.0. The summed E-state index contributed by atoms with van der Waals surface area (Å²) in [7, 11) is 0. The molecule has 0 aromatic heterocycles. The van der Waals surface area contributed by atoms with Gasteiger partial charge in [0.15, 0.2) is 0 Å². The van der Waals surface area contributed by atoms with Crippen LogP contribution in [0.1, 0.15) is 10.4 Å². The van der Waals surface area contributed by atoms with E-state index in [1.165, 1.54) is 4.90 Å². The molecule has 0 fully saturated rings. The number of hydrogen-bond acceptors (Lipinski definition) is 3. The molecule has 1 unspecified atom stereocenters. The second kappa shape index (κ2) is 5.72. The minimum atomic E-state index is 0.0271. The van der Waals surface area contributed by atoms with Crippen molar-refractivity contribution in [2.75, 3.05) is 6.54 Å². The standard InChI is InChI=1S/C15H13NOS2/c17-15-12-8-4-5-9-13(12)19-14(10-16-15)18-11-6-2-1-3-7-11/h1-9,14H,10H2,(H,16,17). The largest absolute Gasteiger partial charge is 0.350 e. The van der Waals surface area contributed by atoms with Crippen LogP contribution < -0.4 is 5.32 Å². The maximum absolute atomic E-state index is 12.0. The third-order valence-electron chi connectivity index (χ3n) is 2.83. The molecule has 0 radical (unpaired) electrons. The number of hydrogen-bond donors (Lipinski definition) is 1. The SMILES string of the molecule is O=C1NCC(Sc2ccccc2)Sc2ccccc21. The summed E-state index contributed by atoms with van der Waals surface area (Å²) in [4.78, 5) is 14.3. The van der Waals surface area contributed by atoms with Crippen molar-refractivity contribution in [1.29, 1.82) is 0 Å². The van der Waals surface area contributed by atoms with Crippen LogP contribution in [0.4, 0.5) is 0 Å². The molecule has 2 nitrogen and oxygen atoms in total. The van der Waals surface area contributed by atoms with Gasteiger partial charge < -0.3 is 5.32 Å². The first-order chi connectivity index (χ1) is 9.33. The van der Waals surface area contributed by atoms with Crippen molar-refractivity contribution in [1.82, 2.24) is 5.32 Å². The Morgan fingerprint density at radius 3 is 2.63 bits per heavy atom. The van der Waals surface area contributed by atoms with E-state index in [9.17, 15) is 4.79 Å². The molecule has 0 bridgehead atoms. The van der Waals surface area contributed by atoms with Crippen LogP contribution in [0.3, 0.4) is 0 Å². The first-order valence-corrected chi connectivity index (χ1v) is 7.84. The van der Waals surface area contributed by atoms with E-state index in [0.717, 1.165) is 10.5 Å². The van der Waals surface area contributed by atoms with Gasteiger partial charge in [0.1, 0.15) is 0 Å². The molecule has 1 aliphatic rings. The third-order valence-corrected chi connectivity index (χ3v) is 5.42. The number of fused-ring (bicyclic) bond motifs is 1. The van der Waals surface area contributed by atoms with E-state index in [2.05, 4.69) is 17.4 Å². The quantitative estimate of drug-likeness (QED) is 0.914. The first kappa shape index (κ1) is 12.6. The number of carbonyl (C=O) groups excluding carboxylic acids is 1. The molecule has 1 N–H and O–H groups in total. The molecular weight excluding hydrogens is 274 g/mol. The monoisotopic (exact) mass is 287 g/mol. The molecule has 1 amide bonds. The Kier molecular flexibility index (Phi) is 3.80. The highest BCUT2D eigenvalue weighted by Gasteiger charge is 2.22. The van der Waals surface area contributed by atoms with Crippen molar-refractivity contribution < 1.29 is 4.79 Å². The second-order valence-electron chi connectivity index (χ2n) is 4.18. The summed E-state index contributed by atoms with van der Waals surface area (Å²) in [6.07, 6.45) is 0. The van der Waals surface area contributed by atoms with Gasteiger partial charge in [-0.15, -0.1) is 23.5 Å². The summed E-state index contributed by atoms with van der Waals surface area (Å²) >= 11 is 3.55. The average Bonchev–Trinajstić information content (AvgIpc) is 2.60. The van der Waals surface area contributed by atoms with Gasteiger partial charge in [0.2, 0.25) is 0 Å². The lowest BCUT2D eigenvalue weighted by atomic mass is 10.2. The predicted octanol–water partition coefficient (Wildman–Crippen LogP) is 3.64. The van der Waals surface area contributed by atoms with Gasteiger partial charge in [0.25, 0.3) is 5.91 Å². The molecule has 2 aromatic rings. The predicted molar refractivity (Wildman–Crippen MR) is 80.7 cm³/mol. The van der Waals surface area contributed by atoms with Gasteiger partial charge in [-0.05, 0) is 24.3 Å². The lowest BCUT2D eigenvalue weighted by Gasteiger charge is -2.13. The zero-order valence-corrected chi connectivity index (χ0v) is 11.8. The fourth-order valence-electron chi connectivity index (χ4n) is 1.93. The number of nitrogens with one attached hydrogen (secondary N) is 1. The third kappa shape index (κ3) is 2.96. The van der Waals surface area contributed by atoms with Crippen LogP contribution in [0.15, 0.2) is 64.4 Å². The number of thioether (sulfide) groups is 2. The topological polar surface area (TPSA) is 29.1 Å². The van der Waals surface area contributed by atoms with Crippen molar-refractivity contribution in [3.63, 3.8) is 0 Å². The van der Waals surface area contributed by atoms with Gasteiger partial charge in [-0.25, -0.2) is 0 Å². The van der Waals surface area contributed by atoms with E-state index in [1.807, 2.05) is 42.5 Å². The Labute approximate surface area is 121 Å². The van der Waals surface area contributed by atoms with Crippen molar-refractivity contribution in [3.8, 4) is 0 Å². The van der Waals surface area contributed by atoms with E-state index < -0.39 is 0 Å². The molecule has 1 aliphatic heterocycles. The highest BCUT2D eigenvalue weighted by molar-refractivity contribution is 8.17. The minimum absolute atomic E-state index is 0.0271. The van der Waals surface area contributed by atoms with Crippen LogP contribution in [0.25, 0.3) is 0 Å². The Balaban J connectivity index is 1.81. The van der Waals surface area contributed by atoms with E-state index >= 15 is 0 Å². The summed E-state index contributed by atoms with van der Waals surface area (Å²) in [5.41, 5.74) is 0.781. The molecule has 0 saturated heterocycles. The fraction of sp³-hybridized carbons (Fsp3) is 0.133. The molecule has 19 heavy (non-hydrogen) atoms. The van der Waals surface area contributed by atoms with E-state index in [1.54, 1.807) is 23.5 Å². The molecule has 0 spiro atoms. The minimum Gasteiger partial charge on any atom is -0.350 e. The van der Waals surface area contributed by atoms with Crippen LogP contribution in [0.2, 0.25) is 0 Å². The van der Waals surface area contributed by atoms with Crippen molar-refractivity contribution >= 4 is 29.4 Å². The summed E-state index contributed by atoms with van der Waals surface area (Å²) in [6.45, 7) is 0.678. The van der Waals surface area contributed by atoms with Crippen LogP contribution in [-0.2, 0) is 0 Å². The highest BCUT2D eigenvalue weighted by Crippen LogP contribution is 2.37. The van der Waals surface area contributed by atoms with Gasteiger partial charge in [0.05, 0.1) is 10.1 Å². The van der Waals surface area contributed by atoms with Crippen molar-refractivity contribution in [2.24, 2.45) is 0 Å². The fourth-order valence-corrected chi connectivity index (χ4v) is 4.44. The van der Waals surface area contributed by atoms with Gasteiger partial charge in [0, 0.05) is 16.3 Å². The van der Waals surface area contributed by atoms with Gasteiger partial charge in [-0.3, -0.25) is 4.79 Å². The van der Waals surface area contributed by atoms with E-state index in [-0.39, 0.29) is 5.91 Å². The highest BCUT2D eigenvalue weighted by atomic mass is 32.2. The number of rotatable bonds is 2. The molecule has 1 atom stereocenters. The van der Waals surface area contributed by atoms with Crippen molar-refractivity contribution in [2.45, 2.75) is 14.4 Å². The molecule has 0 saturated carbocycles. The summed E-state index contributed by atoms with van der Waals surface area (Å²) in [6, 6.07) is 18.1. The van der Waals surface area contributed by atoms with Crippen LogP contribution >= 0.6 is 23.5 Å². The normalized spacial score (nSPS) is 18.3. The Bertz CT molecular complexity index is 586. The average molecular weight is 287 g/mol. The Morgan fingerprint density at radius 1 is 1.05 bits per heavy atom. The lowest BCUT2D eigenvalue weighted by Crippen LogP contribution is -2.26. The van der Waals surface area contributed by atoms with E-state index in [4.69, 9.17) is 0 Å². The van der Waals surface area contributed by atoms with Gasteiger partial charge >= 0.3 is 0 Å². The van der Waals surface area contributed by atoms with Crippen molar-refractivity contribution in [3.05, 3.63) is 60.2 Å². The van der Waals surface area contributed by atoms with Gasteiger partial charge in [-0.1, -0.05) is 30.3 Å². The molecular formula is C15H13NOS2. The summed E-state index contributed by atoms with van der Waals surface area (Å²) in [5.74, 6) is 0.0271. The smallest absolute Gasteiger partial charge is 0.252 e.